The van der Waals surface area contributed by atoms with E-state index in [9.17, 15) is 0 Å². The molecule has 120 valence electrons. The largest absolute Gasteiger partial charge is 0.394 e. The van der Waals surface area contributed by atoms with Crippen molar-refractivity contribution in [2.45, 2.75) is 65.5 Å². The third-order valence-electron chi connectivity index (χ3n) is 4.92. The van der Waals surface area contributed by atoms with Crippen LogP contribution in [0.4, 0.5) is 0 Å². The highest BCUT2D eigenvalue weighted by Gasteiger charge is 2.16. The van der Waals surface area contributed by atoms with Gasteiger partial charge in [0.2, 0.25) is 0 Å². The highest BCUT2D eigenvalue weighted by Crippen LogP contribution is 2.26. The number of rotatable bonds is 7. The van der Waals surface area contributed by atoms with Crippen LogP contribution in [0.25, 0.3) is 0 Å². The molecule has 1 N–H and O–H groups in total. The summed E-state index contributed by atoms with van der Waals surface area (Å²) in [7, 11) is 2.21. The first-order valence-corrected chi connectivity index (χ1v) is 8.44. The van der Waals surface area contributed by atoms with Crippen molar-refractivity contribution in [1.82, 2.24) is 14.7 Å². The summed E-state index contributed by atoms with van der Waals surface area (Å²) in [5.74, 6) is 0.945. The molecule has 21 heavy (non-hydrogen) atoms. The molecule has 1 aromatic heterocycles. The van der Waals surface area contributed by atoms with Gasteiger partial charge >= 0.3 is 0 Å². The van der Waals surface area contributed by atoms with Crippen LogP contribution in [0, 0.1) is 19.8 Å². The van der Waals surface area contributed by atoms with E-state index in [4.69, 9.17) is 5.11 Å². The lowest BCUT2D eigenvalue weighted by Crippen LogP contribution is -2.22. The Bertz CT molecular complexity index is 435. The number of nitrogens with zero attached hydrogens (tertiary/aromatic N) is 3. The maximum Gasteiger partial charge on any atom is 0.0644 e. The molecular weight excluding hydrogens is 262 g/mol. The molecule has 0 aromatic carbocycles. The van der Waals surface area contributed by atoms with Crippen molar-refractivity contribution in [3.05, 3.63) is 17.0 Å². The fraction of sp³-hybridized carbons (Fsp3) is 0.824. The van der Waals surface area contributed by atoms with Gasteiger partial charge in [-0.25, -0.2) is 0 Å². The van der Waals surface area contributed by atoms with E-state index in [0.717, 1.165) is 18.2 Å². The summed E-state index contributed by atoms with van der Waals surface area (Å²) < 4.78 is 1.93. The number of aromatic nitrogens is 2. The molecule has 1 aromatic rings. The molecule has 1 saturated carbocycles. The van der Waals surface area contributed by atoms with Crippen molar-refractivity contribution >= 4 is 0 Å². The quantitative estimate of drug-likeness (QED) is 0.840. The lowest BCUT2D eigenvalue weighted by atomic mass is 9.87. The van der Waals surface area contributed by atoms with Crippen molar-refractivity contribution in [1.29, 1.82) is 0 Å². The van der Waals surface area contributed by atoms with E-state index in [1.807, 2.05) is 4.68 Å². The second kappa shape index (κ2) is 7.95. The van der Waals surface area contributed by atoms with Gasteiger partial charge in [0.15, 0.2) is 0 Å². The average Bonchev–Trinajstić information content (AvgIpc) is 2.74. The molecule has 0 atom stereocenters. The lowest BCUT2D eigenvalue weighted by molar-refractivity contribution is 0.258. The molecule has 0 aliphatic heterocycles. The molecule has 1 aliphatic carbocycles. The van der Waals surface area contributed by atoms with Crippen LogP contribution in [-0.2, 0) is 13.1 Å². The topological polar surface area (TPSA) is 41.3 Å². The van der Waals surface area contributed by atoms with Crippen LogP contribution in [0.5, 0.6) is 0 Å². The van der Waals surface area contributed by atoms with Crippen LogP contribution in [0.15, 0.2) is 0 Å². The minimum absolute atomic E-state index is 0.152. The van der Waals surface area contributed by atoms with Crippen molar-refractivity contribution < 1.29 is 5.11 Å². The summed E-state index contributed by atoms with van der Waals surface area (Å²) in [5.41, 5.74) is 3.63. The fourth-order valence-corrected chi connectivity index (χ4v) is 3.50. The van der Waals surface area contributed by atoms with E-state index in [2.05, 4.69) is 30.9 Å². The second-order valence-electron chi connectivity index (χ2n) is 6.63. The first-order valence-electron chi connectivity index (χ1n) is 8.44. The van der Waals surface area contributed by atoms with Crippen LogP contribution >= 0.6 is 0 Å². The highest BCUT2D eigenvalue weighted by molar-refractivity contribution is 5.24. The van der Waals surface area contributed by atoms with Gasteiger partial charge in [0.25, 0.3) is 0 Å². The normalized spacial score (nSPS) is 16.8. The molecule has 2 rings (SSSR count). The third kappa shape index (κ3) is 4.55. The van der Waals surface area contributed by atoms with Crippen molar-refractivity contribution in [2.75, 3.05) is 20.2 Å². The smallest absolute Gasteiger partial charge is 0.0644 e. The number of hydrogen-bond donors (Lipinski definition) is 1. The second-order valence-corrected chi connectivity index (χ2v) is 6.63. The van der Waals surface area contributed by atoms with Crippen molar-refractivity contribution in [2.24, 2.45) is 5.92 Å². The first-order chi connectivity index (χ1) is 10.1. The summed E-state index contributed by atoms with van der Waals surface area (Å²) in [6, 6.07) is 0. The van der Waals surface area contributed by atoms with Gasteiger partial charge in [0.05, 0.1) is 18.8 Å². The van der Waals surface area contributed by atoms with Gasteiger partial charge in [0.1, 0.15) is 0 Å². The van der Waals surface area contributed by atoms with E-state index in [-0.39, 0.29) is 6.61 Å². The molecular formula is C17H31N3O. The molecule has 4 nitrogen and oxygen atoms in total. The van der Waals surface area contributed by atoms with Gasteiger partial charge < -0.3 is 10.0 Å². The number of aryl methyl sites for hydroxylation is 1. The van der Waals surface area contributed by atoms with Crippen LogP contribution in [0.3, 0.4) is 0 Å². The molecule has 0 unspecified atom stereocenters. The van der Waals surface area contributed by atoms with E-state index >= 15 is 0 Å². The SMILES string of the molecule is Cc1nn(CCO)c(C)c1CN(C)CCC1CCCCC1. The standard InChI is InChI=1S/C17H31N3O/c1-14-17(15(2)20(18-14)11-12-21)13-19(3)10-9-16-7-5-4-6-8-16/h16,21H,4-13H2,1-3H3. The molecule has 1 aliphatic rings. The van der Waals surface area contributed by atoms with Crippen molar-refractivity contribution in [3.8, 4) is 0 Å². The summed E-state index contributed by atoms with van der Waals surface area (Å²) in [4.78, 5) is 2.43. The zero-order valence-electron chi connectivity index (χ0n) is 13.9. The summed E-state index contributed by atoms with van der Waals surface area (Å²) in [6.45, 7) is 7.08. The Morgan fingerprint density at radius 3 is 2.62 bits per heavy atom. The van der Waals surface area contributed by atoms with Crippen LogP contribution in [0.1, 0.15) is 55.5 Å². The third-order valence-corrected chi connectivity index (χ3v) is 4.92. The van der Waals surface area contributed by atoms with Gasteiger partial charge in [0, 0.05) is 17.8 Å². The zero-order valence-corrected chi connectivity index (χ0v) is 13.9. The van der Waals surface area contributed by atoms with Gasteiger partial charge in [-0.3, -0.25) is 4.68 Å². The fourth-order valence-electron chi connectivity index (χ4n) is 3.50. The summed E-state index contributed by atoms with van der Waals surface area (Å²) >= 11 is 0. The Kier molecular flexibility index (Phi) is 6.24. The minimum atomic E-state index is 0.152. The Balaban J connectivity index is 1.85. The maximum absolute atomic E-state index is 9.08. The molecule has 1 heterocycles. The van der Waals surface area contributed by atoms with E-state index < -0.39 is 0 Å². The number of aliphatic hydroxyl groups is 1. The maximum atomic E-state index is 9.08. The minimum Gasteiger partial charge on any atom is -0.394 e. The molecule has 1 fully saturated rings. The highest BCUT2D eigenvalue weighted by atomic mass is 16.3. The first kappa shape index (κ1) is 16.5. The van der Waals surface area contributed by atoms with Gasteiger partial charge in [-0.1, -0.05) is 32.1 Å². The summed E-state index contributed by atoms with van der Waals surface area (Å²) in [6.07, 6.45) is 8.50. The molecule has 0 spiro atoms. The number of hydrogen-bond acceptors (Lipinski definition) is 3. The number of aliphatic hydroxyl groups excluding tert-OH is 1. The molecule has 0 radical (unpaired) electrons. The van der Waals surface area contributed by atoms with Crippen LogP contribution in [-0.4, -0.2) is 40.0 Å². The predicted molar refractivity (Wildman–Crippen MR) is 86.3 cm³/mol. The van der Waals surface area contributed by atoms with Gasteiger partial charge in [-0.15, -0.1) is 0 Å². The van der Waals surface area contributed by atoms with E-state index in [0.29, 0.717) is 6.54 Å². The Morgan fingerprint density at radius 2 is 1.95 bits per heavy atom. The van der Waals surface area contributed by atoms with Crippen LogP contribution in [0.2, 0.25) is 0 Å². The zero-order chi connectivity index (χ0) is 15.2. The van der Waals surface area contributed by atoms with Gasteiger partial charge in [-0.2, -0.15) is 5.10 Å². The Morgan fingerprint density at radius 1 is 1.24 bits per heavy atom. The monoisotopic (exact) mass is 293 g/mol. The Labute approximate surface area is 129 Å². The van der Waals surface area contributed by atoms with Crippen LogP contribution < -0.4 is 0 Å². The van der Waals surface area contributed by atoms with E-state index in [1.54, 1.807) is 0 Å². The molecule has 0 bridgehead atoms. The average molecular weight is 293 g/mol. The van der Waals surface area contributed by atoms with Gasteiger partial charge in [-0.05, 0) is 39.8 Å². The predicted octanol–water partition coefficient (Wildman–Crippen LogP) is 2.89. The molecule has 0 saturated heterocycles. The molecule has 4 heteroatoms. The molecule has 0 amide bonds. The lowest BCUT2D eigenvalue weighted by Gasteiger charge is -2.24. The van der Waals surface area contributed by atoms with E-state index in [1.165, 1.54) is 56.3 Å². The summed E-state index contributed by atoms with van der Waals surface area (Å²) in [5, 5.41) is 13.6. The van der Waals surface area contributed by atoms with Crippen molar-refractivity contribution in [3.63, 3.8) is 0 Å². The Hall–Kier alpha value is -0.870.